The normalized spacial score (nSPS) is 16.7. The molecular formula is C23H16ClIN2O5. The van der Waals surface area contributed by atoms with Crippen molar-refractivity contribution in [2.24, 2.45) is 0 Å². The number of phenolic OH excluding ortho intramolecular Hbond substituents is 1. The molecule has 9 heteroatoms. The third-order valence-corrected chi connectivity index (χ3v) is 6.06. The van der Waals surface area contributed by atoms with Crippen molar-refractivity contribution in [2.45, 2.75) is 12.1 Å². The highest BCUT2D eigenvalue weighted by atomic mass is 127. The van der Waals surface area contributed by atoms with E-state index < -0.39 is 29.9 Å². The van der Waals surface area contributed by atoms with Crippen LogP contribution in [0.15, 0.2) is 66.7 Å². The molecule has 0 saturated carbocycles. The first-order valence-electron chi connectivity index (χ1n) is 9.46. The molecule has 3 N–H and O–H groups in total. The fourth-order valence-corrected chi connectivity index (χ4v) is 4.31. The molecule has 0 aromatic heterocycles. The lowest BCUT2D eigenvalue weighted by Crippen LogP contribution is -2.44. The fraction of sp³-hybridized carbons (Fsp3) is 0.0870. The Bertz CT molecular complexity index is 1210. The van der Waals surface area contributed by atoms with E-state index in [2.05, 4.69) is 5.32 Å². The molecule has 3 aromatic rings. The number of rotatable bonds is 4. The highest BCUT2D eigenvalue weighted by Gasteiger charge is 2.43. The lowest BCUT2D eigenvalue weighted by molar-refractivity contribution is -0.144. The molecule has 32 heavy (non-hydrogen) atoms. The second kappa shape index (κ2) is 8.79. The summed E-state index contributed by atoms with van der Waals surface area (Å²) < 4.78 is 0.755. The molecule has 162 valence electrons. The molecule has 0 fully saturated rings. The summed E-state index contributed by atoms with van der Waals surface area (Å²) in [5, 5.41) is 23.0. The first-order valence-corrected chi connectivity index (χ1v) is 10.9. The van der Waals surface area contributed by atoms with Gasteiger partial charge in [0.05, 0.1) is 11.3 Å². The predicted molar refractivity (Wildman–Crippen MR) is 127 cm³/mol. The molecule has 2 amide bonds. The number of carboxylic acids is 1. The summed E-state index contributed by atoms with van der Waals surface area (Å²) in [4.78, 5) is 40.6. The summed E-state index contributed by atoms with van der Waals surface area (Å²) in [5.74, 6) is -2.53. The van der Waals surface area contributed by atoms with E-state index in [1.165, 1.54) is 24.3 Å². The van der Waals surface area contributed by atoms with Crippen molar-refractivity contribution in [1.82, 2.24) is 4.90 Å². The van der Waals surface area contributed by atoms with Gasteiger partial charge in [-0.05, 0) is 76.2 Å². The number of fused-ring (bicyclic) bond motifs is 1. The summed E-state index contributed by atoms with van der Waals surface area (Å²) in [5.41, 5.74) is 1.14. The standard InChI is InChI=1S/C23H16ClIN2O5/c24-14-5-1-12(2-6-14)19-21(29)26-18-10-7-15(25)11-17(18)22(30)27(19)20(23(31)32)13-3-8-16(28)9-4-13/h1-11,19-20,28H,(H,26,29)(H,31,32)/t19-,20-/m0/s1. The van der Waals surface area contributed by atoms with Crippen LogP contribution < -0.4 is 5.32 Å². The zero-order chi connectivity index (χ0) is 23.0. The number of halogens is 2. The maximum atomic E-state index is 13.8. The Balaban J connectivity index is 1.95. The van der Waals surface area contributed by atoms with E-state index in [0.29, 0.717) is 16.3 Å². The number of nitrogens with one attached hydrogen (secondary N) is 1. The molecule has 0 spiro atoms. The molecule has 0 saturated heterocycles. The van der Waals surface area contributed by atoms with E-state index in [-0.39, 0.29) is 16.9 Å². The van der Waals surface area contributed by atoms with Gasteiger partial charge >= 0.3 is 5.97 Å². The van der Waals surface area contributed by atoms with Crippen LogP contribution in [0.25, 0.3) is 0 Å². The first-order chi connectivity index (χ1) is 15.3. The minimum Gasteiger partial charge on any atom is -0.508 e. The van der Waals surface area contributed by atoms with E-state index in [4.69, 9.17) is 11.6 Å². The number of phenols is 1. The number of carboxylic acid groups (broad SMARTS) is 1. The van der Waals surface area contributed by atoms with Gasteiger partial charge in [-0.3, -0.25) is 9.59 Å². The molecule has 0 radical (unpaired) electrons. The predicted octanol–water partition coefficient (Wildman–Crippen LogP) is 4.61. The van der Waals surface area contributed by atoms with Gasteiger partial charge in [-0.15, -0.1) is 0 Å². The van der Waals surface area contributed by atoms with Gasteiger partial charge < -0.3 is 20.4 Å². The Morgan fingerprint density at radius 1 is 1.03 bits per heavy atom. The van der Waals surface area contributed by atoms with E-state index >= 15 is 0 Å². The van der Waals surface area contributed by atoms with Crippen molar-refractivity contribution in [1.29, 1.82) is 0 Å². The number of nitrogens with zero attached hydrogens (tertiary/aromatic N) is 1. The van der Waals surface area contributed by atoms with E-state index in [1.807, 2.05) is 22.6 Å². The Morgan fingerprint density at radius 2 is 1.69 bits per heavy atom. The zero-order valence-electron chi connectivity index (χ0n) is 16.3. The van der Waals surface area contributed by atoms with Crippen molar-refractivity contribution < 1.29 is 24.6 Å². The summed E-state index contributed by atoms with van der Waals surface area (Å²) in [6, 6.07) is 14.1. The second-order valence-corrected chi connectivity index (χ2v) is 8.86. The average Bonchev–Trinajstić information content (AvgIpc) is 2.85. The number of benzene rings is 3. The molecule has 0 aliphatic carbocycles. The second-order valence-electron chi connectivity index (χ2n) is 7.18. The Morgan fingerprint density at radius 3 is 2.31 bits per heavy atom. The van der Waals surface area contributed by atoms with Crippen LogP contribution in [0.2, 0.25) is 5.02 Å². The Hall–Kier alpha value is -3.11. The summed E-state index contributed by atoms with van der Waals surface area (Å²) in [6.45, 7) is 0. The summed E-state index contributed by atoms with van der Waals surface area (Å²) in [6.07, 6.45) is 0. The van der Waals surface area contributed by atoms with Crippen molar-refractivity contribution in [3.63, 3.8) is 0 Å². The molecule has 3 aromatic carbocycles. The van der Waals surface area contributed by atoms with Crippen molar-refractivity contribution in [2.75, 3.05) is 5.32 Å². The minimum absolute atomic E-state index is 0.0491. The van der Waals surface area contributed by atoms with Crippen LogP contribution in [0.5, 0.6) is 5.75 Å². The van der Waals surface area contributed by atoms with Gasteiger partial charge in [0.15, 0.2) is 6.04 Å². The van der Waals surface area contributed by atoms with Gasteiger partial charge in [0, 0.05) is 8.59 Å². The van der Waals surface area contributed by atoms with Crippen LogP contribution in [0, 0.1) is 3.57 Å². The van der Waals surface area contributed by atoms with Crippen molar-refractivity contribution in [3.05, 3.63) is 92.0 Å². The van der Waals surface area contributed by atoms with Crippen LogP contribution in [-0.2, 0) is 9.59 Å². The highest BCUT2D eigenvalue weighted by molar-refractivity contribution is 14.1. The highest BCUT2D eigenvalue weighted by Crippen LogP contribution is 2.38. The van der Waals surface area contributed by atoms with Crippen LogP contribution in [0.1, 0.15) is 33.6 Å². The number of carbonyl (C=O) groups excluding carboxylic acids is 2. The summed E-state index contributed by atoms with van der Waals surface area (Å²) >= 11 is 8.04. The number of hydrogen-bond donors (Lipinski definition) is 3. The maximum absolute atomic E-state index is 13.8. The van der Waals surface area contributed by atoms with Crippen LogP contribution in [0.3, 0.4) is 0 Å². The molecule has 0 unspecified atom stereocenters. The molecule has 7 nitrogen and oxygen atoms in total. The van der Waals surface area contributed by atoms with Gasteiger partial charge in [-0.1, -0.05) is 35.9 Å². The molecule has 0 bridgehead atoms. The monoisotopic (exact) mass is 562 g/mol. The smallest absolute Gasteiger partial charge is 0.331 e. The van der Waals surface area contributed by atoms with Gasteiger partial charge in [0.25, 0.3) is 11.8 Å². The van der Waals surface area contributed by atoms with E-state index in [0.717, 1.165) is 8.47 Å². The average molecular weight is 563 g/mol. The largest absolute Gasteiger partial charge is 0.508 e. The minimum atomic E-state index is -1.49. The maximum Gasteiger partial charge on any atom is 0.331 e. The molecular weight excluding hydrogens is 547 g/mol. The number of carbonyl (C=O) groups is 3. The van der Waals surface area contributed by atoms with Gasteiger partial charge in [-0.2, -0.15) is 0 Å². The van der Waals surface area contributed by atoms with Crippen LogP contribution in [0.4, 0.5) is 5.69 Å². The van der Waals surface area contributed by atoms with Gasteiger partial charge in [0.2, 0.25) is 0 Å². The van der Waals surface area contributed by atoms with Crippen LogP contribution >= 0.6 is 34.2 Å². The molecule has 1 heterocycles. The summed E-state index contributed by atoms with van der Waals surface area (Å²) in [7, 11) is 0. The van der Waals surface area contributed by atoms with Gasteiger partial charge in [0.1, 0.15) is 11.8 Å². The number of aliphatic carboxylic acids is 1. The third kappa shape index (κ3) is 4.15. The lowest BCUT2D eigenvalue weighted by atomic mass is 9.97. The number of hydrogen-bond acceptors (Lipinski definition) is 4. The Kier molecular flexibility index (Phi) is 6.07. The molecule has 1 aliphatic rings. The number of amides is 2. The van der Waals surface area contributed by atoms with E-state index in [1.54, 1.807) is 42.5 Å². The lowest BCUT2D eigenvalue weighted by Gasteiger charge is -2.34. The SMILES string of the molecule is O=C(O)[C@H](c1ccc(O)cc1)N1C(=O)c2cc(I)ccc2NC(=O)[C@@H]1c1ccc(Cl)cc1. The number of aromatic hydroxyl groups is 1. The fourth-order valence-electron chi connectivity index (χ4n) is 3.69. The first kappa shape index (κ1) is 22.1. The van der Waals surface area contributed by atoms with Crippen molar-refractivity contribution in [3.8, 4) is 5.75 Å². The topological polar surface area (TPSA) is 107 Å². The van der Waals surface area contributed by atoms with Crippen molar-refractivity contribution >= 4 is 57.7 Å². The Labute approximate surface area is 201 Å². The third-order valence-electron chi connectivity index (χ3n) is 5.14. The molecule has 1 aliphatic heterocycles. The van der Waals surface area contributed by atoms with Gasteiger partial charge in [-0.25, -0.2) is 4.79 Å². The quantitative estimate of drug-likeness (QED) is 0.403. The van der Waals surface area contributed by atoms with Crippen LogP contribution in [-0.4, -0.2) is 32.9 Å². The molecule has 4 rings (SSSR count). The van der Waals surface area contributed by atoms with E-state index in [9.17, 15) is 24.6 Å². The molecule has 2 atom stereocenters. The number of anilines is 1. The zero-order valence-corrected chi connectivity index (χ0v) is 19.2.